The largest absolute Gasteiger partial charge is 0.508 e. The number of aromatic nitrogens is 4. The zero-order chi connectivity index (χ0) is 23.5. The number of imidazole rings is 1. The fourth-order valence-corrected chi connectivity index (χ4v) is 3.68. The molecule has 2 aromatic heterocycles. The molecule has 1 aromatic carbocycles. The molecule has 0 aliphatic carbocycles. The first-order valence-electron chi connectivity index (χ1n) is 10.2. The lowest BCUT2D eigenvalue weighted by atomic mass is 9.94. The van der Waals surface area contributed by atoms with Crippen LogP contribution in [0.5, 0.6) is 5.75 Å². The first-order chi connectivity index (χ1) is 15.9. The number of aromatic hydroxyl groups is 1. The van der Waals surface area contributed by atoms with Crippen molar-refractivity contribution in [2.24, 2.45) is 5.73 Å². The summed E-state index contributed by atoms with van der Waals surface area (Å²) in [5.41, 5.74) is 7.58. The summed E-state index contributed by atoms with van der Waals surface area (Å²) in [7, 11) is 0. The van der Waals surface area contributed by atoms with Crippen LogP contribution in [0.15, 0.2) is 36.9 Å². The maximum absolute atomic E-state index is 12.6. The molecule has 0 bridgehead atoms. The SMILES string of the molecule is N[C@@H](Cc1ccc(O)cc1)C(=O)N[C@@H]1[C@@H](O)[C@H](O)[C@@H](Nc2ncnc3nc[nH]c23)O[C@H]1CO. The molecule has 0 spiro atoms. The number of carbonyl (C=O) groups is 1. The van der Waals surface area contributed by atoms with Crippen molar-refractivity contribution in [3.63, 3.8) is 0 Å². The van der Waals surface area contributed by atoms with Gasteiger partial charge in [0.05, 0.1) is 25.0 Å². The number of rotatable bonds is 7. The molecule has 1 aliphatic heterocycles. The van der Waals surface area contributed by atoms with Gasteiger partial charge >= 0.3 is 0 Å². The molecule has 0 saturated carbocycles. The highest BCUT2D eigenvalue weighted by Gasteiger charge is 2.45. The van der Waals surface area contributed by atoms with Gasteiger partial charge in [-0.25, -0.2) is 15.0 Å². The van der Waals surface area contributed by atoms with Crippen molar-refractivity contribution in [2.75, 3.05) is 11.9 Å². The number of hydrogen-bond acceptors (Lipinski definition) is 11. The smallest absolute Gasteiger partial charge is 0.237 e. The van der Waals surface area contributed by atoms with E-state index in [1.54, 1.807) is 12.1 Å². The minimum atomic E-state index is -1.47. The van der Waals surface area contributed by atoms with Crippen molar-refractivity contribution in [1.29, 1.82) is 0 Å². The number of carbonyl (C=O) groups excluding carboxylic acids is 1. The van der Waals surface area contributed by atoms with Crippen molar-refractivity contribution < 1.29 is 30.0 Å². The predicted octanol–water partition coefficient (Wildman–Crippen LogP) is -2.04. The Kier molecular flexibility index (Phi) is 6.67. The summed E-state index contributed by atoms with van der Waals surface area (Å²) in [5.74, 6) is -0.219. The Labute approximate surface area is 187 Å². The van der Waals surface area contributed by atoms with Crippen LogP contribution >= 0.6 is 0 Å². The molecule has 176 valence electrons. The Bertz CT molecular complexity index is 1090. The van der Waals surface area contributed by atoms with Crippen LogP contribution in [0.2, 0.25) is 0 Å². The van der Waals surface area contributed by atoms with E-state index >= 15 is 0 Å². The Hall–Kier alpha value is -3.36. The fraction of sp³-hybridized carbons (Fsp3) is 0.400. The average Bonchev–Trinajstić information content (AvgIpc) is 3.30. The van der Waals surface area contributed by atoms with Crippen LogP contribution in [0.25, 0.3) is 11.2 Å². The first kappa shape index (κ1) is 22.8. The van der Waals surface area contributed by atoms with Gasteiger partial charge in [-0.3, -0.25) is 4.79 Å². The number of nitrogens with zero attached hydrogens (tertiary/aromatic N) is 3. The summed E-state index contributed by atoms with van der Waals surface area (Å²) in [4.78, 5) is 27.6. The number of aliphatic hydroxyl groups excluding tert-OH is 3. The highest BCUT2D eigenvalue weighted by Crippen LogP contribution is 2.24. The number of aliphatic hydroxyl groups is 3. The van der Waals surface area contributed by atoms with E-state index in [1.807, 2.05) is 0 Å². The summed E-state index contributed by atoms with van der Waals surface area (Å²) in [6.45, 7) is -0.538. The second-order valence-electron chi connectivity index (χ2n) is 7.74. The molecule has 3 aromatic rings. The van der Waals surface area contributed by atoms with Gasteiger partial charge < -0.3 is 46.5 Å². The van der Waals surface area contributed by atoms with Gasteiger partial charge in [0.1, 0.15) is 35.9 Å². The normalized spacial score (nSPS) is 26.1. The van der Waals surface area contributed by atoms with Crippen LogP contribution < -0.4 is 16.4 Å². The molecule has 1 aliphatic rings. The van der Waals surface area contributed by atoms with Crippen LogP contribution in [0, 0.1) is 0 Å². The summed E-state index contributed by atoms with van der Waals surface area (Å²) >= 11 is 0. The Morgan fingerprint density at radius 2 is 1.94 bits per heavy atom. The highest BCUT2D eigenvalue weighted by molar-refractivity contribution is 5.83. The van der Waals surface area contributed by atoms with Gasteiger partial charge in [-0.15, -0.1) is 0 Å². The van der Waals surface area contributed by atoms with Gasteiger partial charge in [0, 0.05) is 0 Å². The van der Waals surface area contributed by atoms with Gasteiger partial charge in [-0.2, -0.15) is 0 Å². The van der Waals surface area contributed by atoms with Crippen LogP contribution in [0.4, 0.5) is 5.82 Å². The first-order valence-corrected chi connectivity index (χ1v) is 10.2. The van der Waals surface area contributed by atoms with Crippen molar-refractivity contribution in [3.8, 4) is 5.75 Å². The van der Waals surface area contributed by atoms with Gasteiger partial charge in [0.2, 0.25) is 5.91 Å². The number of fused-ring (bicyclic) bond motifs is 1. The van der Waals surface area contributed by atoms with Crippen LogP contribution in [-0.4, -0.2) is 89.5 Å². The molecule has 4 rings (SSSR count). The van der Waals surface area contributed by atoms with E-state index in [-0.39, 0.29) is 18.0 Å². The van der Waals surface area contributed by atoms with Gasteiger partial charge in [-0.05, 0) is 24.1 Å². The minimum absolute atomic E-state index is 0.0948. The third-order valence-corrected chi connectivity index (χ3v) is 5.47. The number of nitrogens with two attached hydrogens (primary N) is 1. The molecule has 3 heterocycles. The number of anilines is 1. The Morgan fingerprint density at radius 1 is 1.18 bits per heavy atom. The highest BCUT2D eigenvalue weighted by atomic mass is 16.5. The van der Waals surface area contributed by atoms with E-state index in [1.165, 1.54) is 24.8 Å². The van der Waals surface area contributed by atoms with E-state index in [4.69, 9.17) is 10.5 Å². The number of amides is 1. The van der Waals surface area contributed by atoms with E-state index in [0.29, 0.717) is 11.2 Å². The summed E-state index contributed by atoms with van der Waals surface area (Å²) in [6.07, 6.45) is -2.24. The third-order valence-electron chi connectivity index (χ3n) is 5.47. The summed E-state index contributed by atoms with van der Waals surface area (Å²) in [6, 6.07) is 4.17. The maximum Gasteiger partial charge on any atom is 0.237 e. The fourth-order valence-electron chi connectivity index (χ4n) is 3.68. The molecule has 0 radical (unpaired) electrons. The number of benzene rings is 1. The summed E-state index contributed by atoms with van der Waals surface area (Å²) < 4.78 is 5.72. The Morgan fingerprint density at radius 3 is 2.67 bits per heavy atom. The van der Waals surface area contributed by atoms with E-state index in [2.05, 4.69) is 30.6 Å². The van der Waals surface area contributed by atoms with Crippen molar-refractivity contribution in [3.05, 3.63) is 42.5 Å². The lowest BCUT2D eigenvalue weighted by molar-refractivity contribution is -0.185. The zero-order valence-electron chi connectivity index (χ0n) is 17.4. The molecule has 0 unspecified atom stereocenters. The molecular weight excluding hydrogens is 434 g/mol. The molecule has 1 fully saturated rings. The van der Waals surface area contributed by atoms with E-state index in [9.17, 15) is 25.2 Å². The second-order valence-corrected chi connectivity index (χ2v) is 7.74. The van der Waals surface area contributed by atoms with Crippen LogP contribution in [-0.2, 0) is 16.0 Å². The predicted molar refractivity (Wildman–Crippen MR) is 115 cm³/mol. The molecule has 6 atom stereocenters. The third kappa shape index (κ3) is 4.86. The number of hydrogen-bond donors (Lipinski definition) is 8. The van der Waals surface area contributed by atoms with Crippen molar-refractivity contribution in [1.82, 2.24) is 25.3 Å². The molecule has 33 heavy (non-hydrogen) atoms. The number of ether oxygens (including phenoxy) is 1. The number of nitrogens with one attached hydrogen (secondary N) is 3. The topological polar surface area (TPSA) is 212 Å². The van der Waals surface area contributed by atoms with Crippen molar-refractivity contribution >= 4 is 22.9 Å². The number of aromatic amines is 1. The second kappa shape index (κ2) is 9.64. The molecule has 1 saturated heterocycles. The van der Waals surface area contributed by atoms with E-state index in [0.717, 1.165) is 5.56 Å². The van der Waals surface area contributed by atoms with Gasteiger partial charge in [-0.1, -0.05) is 12.1 Å². The quantitative estimate of drug-likeness (QED) is 0.193. The average molecular weight is 459 g/mol. The molecule has 13 heteroatoms. The lowest BCUT2D eigenvalue weighted by Crippen LogP contribution is -2.67. The molecule has 1 amide bonds. The molecule has 9 N–H and O–H groups in total. The van der Waals surface area contributed by atoms with Gasteiger partial charge in [0.15, 0.2) is 17.7 Å². The molecular formula is C20H25N7O6. The minimum Gasteiger partial charge on any atom is -0.508 e. The lowest BCUT2D eigenvalue weighted by Gasteiger charge is -2.43. The zero-order valence-corrected chi connectivity index (χ0v) is 17.4. The number of H-pyrrole nitrogens is 1. The van der Waals surface area contributed by atoms with Crippen LogP contribution in [0.1, 0.15) is 5.56 Å². The Balaban J connectivity index is 1.43. The van der Waals surface area contributed by atoms with Gasteiger partial charge in [0.25, 0.3) is 0 Å². The standard InChI is InChI=1S/C20H25N7O6/c21-11(5-9-1-3-10(29)4-2-9)19(32)26-13-12(6-28)33-20(16(31)15(13)30)27-18-14-17(23-7-22-14)24-8-25-18/h1-4,7-8,11-13,15-16,20,28-31H,5-6,21H2,(H,26,32)(H2,22,23,24,25,27)/t11-,12-,13-,15+,16-,20-/m0/s1. The van der Waals surface area contributed by atoms with Crippen molar-refractivity contribution in [2.45, 2.75) is 43.0 Å². The monoisotopic (exact) mass is 459 g/mol. The maximum atomic E-state index is 12.6. The summed E-state index contributed by atoms with van der Waals surface area (Å²) in [5, 5.41) is 45.9. The molecule has 13 nitrogen and oxygen atoms in total. The van der Waals surface area contributed by atoms with Crippen LogP contribution in [0.3, 0.4) is 0 Å². The number of phenolic OH excluding ortho intramolecular Hbond substituents is 1. The number of phenols is 1. The van der Waals surface area contributed by atoms with E-state index < -0.39 is 49.1 Å².